The molecule has 13 heavy (non-hydrogen) atoms. The maximum atomic E-state index is 9.44. The SMILES string of the molecule is COc1cc2cccnc2cc1O. The topological polar surface area (TPSA) is 42.4 Å². The van der Waals surface area contributed by atoms with Crippen LogP contribution in [0.3, 0.4) is 0 Å². The molecule has 0 fully saturated rings. The highest BCUT2D eigenvalue weighted by molar-refractivity contribution is 5.82. The molecule has 0 aliphatic rings. The molecule has 0 bridgehead atoms. The molecule has 1 aromatic carbocycles. The van der Waals surface area contributed by atoms with E-state index in [1.54, 1.807) is 18.3 Å². The fraction of sp³-hybridized carbons (Fsp3) is 0.100. The molecule has 0 saturated heterocycles. The highest BCUT2D eigenvalue weighted by atomic mass is 16.5. The fourth-order valence-electron chi connectivity index (χ4n) is 1.25. The summed E-state index contributed by atoms with van der Waals surface area (Å²) < 4.78 is 4.98. The Kier molecular flexibility index (Phi) is 1.77. The normalized spacial score (nSPS) is 10.2. The van der Waals surface area contributed by atoms with Crippen LogP contribution in [-0.4, -0.2) is 17.2 Å². The third-order valence-corrected chi connectivity index (χ3v) is 1.90. The summed E-state index contributed by atoms with van der Waals surface area (Å²) in [6.07, 6.45) is 1.69. The second-order valence-corrected chi connectivity index (χ2v) is 2.72. The molecule has 1 aromatic heterocycles. The molecule has 0 saturated carbocycles. The lowest BCUT2D eigenvalue weighted by molar-refractivity contribution is 0.374. The molecule has 0 unspecified atom stereocenters. The first-order valence-corrected chi connectivity index (χ1v) is 3.93. The number of benzene rings is 1. The number of pyridine rings is 1. The van der Waals surface area contributed by atoms with Crippen molar-refractivity contribution in [1.82, 2.24) is 4.98 Å². The van der Waals surface area contributed by atoms with Gasteiger partial charge in [0.05, 0.1) is 12.6 Å². The highest BCUT2D eigenvalue weighted by Gasteiger charge is 2.03. The minimum Gasteiger partial charge on any atom is -0.504 e. The lowest BCUT2D eigenvalue weighted by Crippen LogP contribution is -1.84. The predicted molar refractivity (Wildman–Crippen MR) is 50.0 cm³/mol. The van der Waals surface area contributed by atoms with Gasteiger partial charge in [0.2, 0.25) is 0 Å². The number of ether oxygens (including phenoxy) is 1. The first-order chi connectivity index (χ1) is 6.31. The van der Waals surface area contributed by atoms with Gasteiger partial charge in [-0.2, -0.15) is 0 Å². The van der Waals surface area contributed by atoms with E-state index in [2.05, 4.69) is 4.98 Å². The van der Waals surface area contributed by atoms with Gasteiger partial charge in [-0.3, -0.25) is 4.98 Å². The van der Waals surface area contributed by atoms with Gasteiger partial charge >= 0.3 is 0 Å². The summed E-state index contributed by atoms with van der Waals surface area (Å²) in [5.74, 6) is 0.592. The van der Waals surface area contributed by atoms with Gasteiger partial charge in [-0.15, -0.1) is 0 Å². The molecule has 66 valence electrons. The van der Waals surface area contributed by atoms with Crippen LogP contribution in [0.2, 0.25) is 0 Å². The van der Waals surface area contributed by atoms with E-state index >= 15 is 0 Å². The molecule has 0 atom stereocenters. The average molecular weight is 175 g/mol. The molecule has 3 heteroatoms. The van der Waals surface area contributed by atoms with Gasteiger partial charge in [0.25, 0.3) is 0 Å². The van der Waals surface area contributed by atoms with Crippen LogP contribution in [0.15, 0.2) is 30.5 Å². The van der Waals surface area contributed by atoms with Crippen LogP contribution in [0.25, 0.3) is 10.9 Å². The standard InChI is InChI=1S/C10H9NO2/c1-13-10-5-7-3-2-4-11-8(7)6-9(10)12/h2-6,12H,1H3. The molecule has 0 radical (unpaired) electrons. The minimum atomic E-state index is 0.119. The zero-order valence-corrected chi connectivity index (χ0v) is 7.19. The summed E-state index contributed by atoms with van der Waals surface area (Å²) in [6, 6.07) is 7.12. The second-order valence-electron chi connectivity index (χ2n) is 2.72. The Morgan fingerprint density at radius 3 is 3.00 bits per heavy atom. The molecule has 1 heterocycles. The number of hydrogen-bond acceptors (Lipinski definition) is 3. The molecule has 0 amide bonds. The first-order valence-electron chi connectivity index (χ1n) is 3.93. The lowest BCUT2D eigenvalue weighted by Gasteiger charge is -2.04. The summed E-state index contributed by atoms with van der Waals surface area (Å²) in [4.78, 5) is 4.10. The lowest BCUT2D eigenvalue weighted by atomic mass is 10.2. The van der Waals surface area contributed by atoms with Crippen LogP contribution in [-0.2, 0) is 0 Å². The second kappa shape index (κ2) is 2.94. The molecule has 1 N–H and O–H groups in total. The minimum absolute atomic E-state index is 0.119. The van der Waals surface area contributed by atoms with Crippen molar-refractivity contribution in [3.63, 3.8) is 0 Å². The van der Waals surface area contributed by atoms with Crippen LogP contribution in [0.1, 0.15) is 0 Å². The maximum Gasteiger partial charge on any atom is 0.161 e. The first kappa shape index (κ1) is 7.86. The number of rotatable bonds is 1. The molecule has 0 spiro atoms. The zero-order chi connectivity index (χ0) is 9.26. The number of methoxy groups -OCH3 is 1. The van der Waals surface area contributed by atoms with Gasteiger partial charge in [0.1, 0.15) is 0 Å². The Morgan fingerprint density at radius 2 is 2.23 bits per heavy atom. The Hall–Kier alpha value is -1.77. The number of phenols is 1. The van der Waals surface area contributed by atoms with Gasteiger partial charge in [-0.1, -0.05) is 6.07 Å². The van der Waals surface area contributed by atoms with Crippen molar-refractivity contribution in [3.8, 4) is 11.5 Å². The van der Waals surface area contributed by atoms with Crippen molar-refractivity contribution in [2.45, 2.75) is 0 Å². The Labute approximate surface area is 75.6 Å². The molecule has 2 rings (SSSR count). The van der Waals surface area contributed by atoms with Crippen LogP contribution < -0.4 is 4.74 Å². The van der Waals surface area contributed by atoms with E-state index < -0.39 is 0 Å². The highest BCUT2D eigenvalue weighted by Crippen LogP contribution is 2.29. The van der Waals surface area contributed by atoms with Crippen molar-refractivity contribution in [1.29, 1.82) is 0 Å². The number of aromatic nitrogens is 1. The van der Waals surface area contributed by atoms with Crippen molar-refractivity contribution in [2.75, 3.05) is 7.11 Å². The maximum absolute atomic E-state index is 9.44. The van der Waals surface area contributed by atoms with Crippen LogP contribution >= 0.6 is 0 Å². The van der Waals surface area contributed by atoms with E-state index in [0.29, 0.717) is 5.75 Å². The van der Waals surface area contributed by atoms with Gasteiger partial charge in [0, 0.05) is 17.6 Å². The van der Waals surface area contributed by atoms with E-state index in [9.17, 15) is 5.11 Å². The van der Waals surface area contributed by atoms with Crippen molar-refractivity contribution < 1.29 is 9.84 Å². The van der Waals surface area contributed by atoms with Crippen LogP contribution in [0.5, 0.6) is 11.5 Å². The summed E-state index contributed by atoms with van der Waals surface area (Å²) >= 11 is 0. The number of nitrogens with zero attached hydrogens (tertiary/aromatic N) is 1. The Morgan fingerprint density at radius 1 is 1.38 bits per heavy atom. The van der Waals surface area contributed by atoms with Crippen molar-refractivity contribution >= 4 is 10.9 Å². The fourth-order valence-corrected chi connectivity index (χ4v) is 1.25. The molecule has 3 nitrogen and oxygen atoms in total. The quantitative estimate of drug-likeness (QED) is 0.720. The van der Waals surface area contributed by atoms with E-state index in [4.69, 9.17) is 4.74 Å². The Bertz CT molecular complexity index is 440. The third-order valence-electron chi connectivity index (χ3n) is 1.90. The van der Waals surface area contributed by atoms with Crippen LogP contribution in [0.4, 0.5) is 0 Å². The molecule has 0 aliphatic carbocycles. The summed E-state index contributed by atoms with van der Waals surface area (Å²) in [5.41, 5.74) is 0.765. The number of hydrogen-bond donors (Lipinski definition) is 1. The van der Waals surface area contributed by atoms with E-state index in [1.165, 1.54) is 7.11 Å². The van der Waals surface area contributed by atoms with Gasteiger partial charge in [-0.25, -0.2) is 0 Å². The molecular formula is C10H9NO2. The van der Waals surface area contributed by atoms with E-state index in [-0.39, 0.29) is 5.75 Å². The average Bonchev–Trinajstić information content (AvgIpc) is 2.17. The third kappa shape index (κ3) is 1.28. The summed E-state index contributed by atoms with van der Waals surface area (Å²) in [7, 11) is 1.53. The Balaban J connectivity index is 2.74. The summed E-state index contributed by atoms with van der Waals surface area (Å²) in [5, 5.41) is 10.4. The summed E-state index contributed by atoms with van der Waals surface area (Å²) in [6.45, 7) is 0. The van der Waals surface area contributed by atoms with Crippen LogP contribution in [0, 0.1) is 0 Å². The van der Waals surface area contributed by atoms with E-state index in [0.717, 1.165) is 10.9 Å². The van der Waals surface area contributed by atoms with Gasteiger partial charge in [-0.05, 0) is 12.1 Å². The smallest absolute Gasteiger partial charge is 0.161 e. The zero-order valence-electron chi connectivity index (χ0n) is 7.19. The van der Waals surface area contributed by atoms with Crippen molar-refractivity contribution in [2.24, 2.45) is 0 Å². The number of fused-ring (bicyclic) bond motifs is 1. The van der Waals surface area contributed by atoms with E-state index in [1.807, 2.05) is 12.1 Å². The largest absolute Gasteiger partial charge is 0.504 e. The van der Waals surface area contributed by atoms with Gasteiger partial charge in [0.15, 0.2) is 11.5 Å². The molecular weight excluding hydrogens is 166 g/mol. The predicted octanol–water partition coefficient (Wildman–Crippen LogP) is 1.95. The van der Waals surface area contributed by atoms with Gasteiger partial charge < -0.3 is 9.84 Å². The number of aromatic hydroxyl groups is 1. The number of phenolic OH excluding ortho intramolecular Hbond substituents is 1. The molecule has 0 aliphatic heterocycles. The molecule has 2 aromatic rings. The van der Waals surface area contributed by atoms with Crippen molar-refractivity contribution in [3.05, 3.63) is 30.5 Å². The monoisotopic (exact) mass is 175 g/mol.